The predicted molar refractivity (Wildman–Crippen MR) is 85.5 cm³/mol. The van der Waals surface area contributed by atoms with E-state index in [1.807, 2.05) is 0 Å². The van der Waals surface area contributed by atoms with Crippen LogP contribution in [-0.4, -0.2) is 35.7 Å². The number of hydrogen-bond donors (Lipinski definition) is 1. The molecule has 0 fully saturated rings. The van der Waals surface area contributed by atoms with Crippen molar-refractivity contribution in [3.63, 3.8) is 0 Å². The first-order valence-corrected chi connectivity index (χ1v) is 7.80. The Labute approximate surface area is 150 Å². The minimum absolute atomic E-state index is 0.00333. The van der Waals surface area contributed by atoms with Crippen molar-refractivity contribution in [2.24, 2.45) is 0 Å². The summed E-state index contributed by atoms with van der Waals surface area (Å²) in [6.07, 6.45) is -4.50. The van der Waals surface area contributed by atoms with Crippen LogP contribution in [0.5, 0.6) is 0 Å². The number of nitrogens with one attached hydrogen (secondary N) is 1. The fourth-order valence-corrected chi connectivity index (χ4v) is 2.69. The van der Waals surface area contributed by atoms with Crippen LogP contribution in [0.4, 0.5) is 17.6 Å². The summed E-state index contributed by atoms with van der Waals surface area (Å²) in [5.41, 5.74) is -1.24. The minimum Gasteiger partial charge on any atom is -0.350 e. The topological polar surface area (TPSA) is 66.5 Å². The smallest absolute Gasteiger partial charge is 0.350 e. The molecule has 0 bridgehead atoms. The number of halogens is 4. The molecule has 3 rings (SSSR count). The highest BCUT2D eigenvalue weighted by molar-refractivity contribution is 6.21. The van der Waals surface area contributed by atoms with Crippen LogP contribution in [0, 0.1) is 5.82 Å². The molecule has 1 aliphatic heterocycles. The molecule has 9 heteroatoms. The SMILES string of the molecule is O=C(NCCN1C(=O)c2cccc(F)c2C1=O)c1ccc(C(F)(F)F)cc1. The zero-order chi connectivity index (χ0) is 19.8. The molecule has 1 N–H and O–H groups in total. The summed E-state index contributed by atoms with van der Waals surface area (Å²) in [5.74, 6) is -2.93. The molecule has 2 aromatic rings. The third kappa shape index (κ3) is 3.53. The number of imide groups is 1. The zero-order valence-corrected chi connectivity index (χ0v) is 13.6. The van der Waals surface area contributed by atoms with Gasteiger partial charge in [0.05, 0.1) is 16.7 Å². The molecule has 5 nitrogen and oxygen atoms in total. The Morgan fingerprint density at radius 2 is 1.67 bits per heavy atom. The Balaban J connectivity index is 1.60. The molecule has 0 spiro atoms. The molecule has 27 heavy (non-hydrogen) atoms. The summed E-state index contributed by atoms with van der Waals surface area (Å²) in [6, 6.07) is 7.32. The number of benzene rings is 2. The van der Waals surface area contributed by atoms with Crippen LogP contribution in [0.3, 0.4) is 0 Å². The Kier molecular flexibility index (Phi) is 4.69. The molecule has 3 amide bonds. The lowest BCUT2D eigenvalue weighted by Gasteiger charge is -2.14. The normalized spacial score (nSPS) is 13.7. The molecule has 2 aromatic carbocycles. The summed E-state index contributed by atoms with van der Waals surface area (Å²) < 4.78 is 51.3. The van der Waals surface area contributed by atoms with Gasteiger partial charge in [0.1, 0.15) is 5.82 Å². The number of hydrogen-bond acceptors (Lipinski definition) is 3. The standard InChI is InChI=1S/C18H12F4N2O3/c19-13-3-1-2-12-14(13)17(27)24(16(12)26)9-8-23-15(25)10-4-6-11(7-5-10)18(20,21)22/h1-7H,8-9H2,(H,23,25). The van der Waals surface area contributed by atoms with Crippen molar-refractivity contribution in [3.05, 3.63) is 70.5 Å². The van der Waals surface area contributed by atoms with E-state index in [4.69, 9.17) is 0 Å². The van der Waals surface area contributed by atoms with Crippen LogP contribution in [-0.2, 0) is 6.18 Å². The number of alkyl halides is 3. The van der Waals surface area contributed by atoms with E-state index in [2.05, 4.69) is 5.32 Å². The molecule has 0 aromatic heterocycles. The average Bonchev–Trinajstić information content (AvgIpc) is 2.87. The number of nitrogens with zero attached hydrogens (tertiary/aromatic N) is 1. The Morgan fingerprint density at radius 3 is 2.26 bits per heavy atom. The monoisotopic (exact) mass is 380 g/mol. The Hall–Kier alpha value is -3.23. The molecule has 1 heterocycles. The summed E-state index contributed by atoms with van der Waals surface area (Å²) in [5, 5.41) is 2.41. The van der Waals surface area contributed by atoms with Gasteiger partial charge in [0.2, 0.25) is 0 Å². The van der Waals surface area contributed by atoms with Gasteiger partial charge in [-0.1, -0.05) is 6.07 Å². The predicted octanol–water partition coefficient (Wildman–Crippen LogP) is 2.87. The van der Waals surface area contributed by atoms with E-state index in [9.17, 15) is 31.9 Å². The van der Waals surface area contributed by atoms with Crippen molar-refractivity contribution in [1.29, 1.82) is 0 Å². The number of rotatable bonds is 4. The molecular formula is C18H12F4N2O3. The van der Waals surface area contributed by atoms with Crippen LogP contribution in [0.25, 0.3) is 0 Å². The van der Waals surface area contributed by atoms with Gasteiger partial charge in [-0.3, -0.25) is 19.3 Å². The van der Waals surface area contributed by atoms with Gasteiger partial charge < -0.3 is 5.32 Å². The number of fused-ring (bicyclic) bond motifs is 1. The molecule has 0 atom stereocenters. The summed E-state index contributed by atoms with van der Waals surface area (Å²) in [4.78, 5) is 37.1. The third-order valence-electron chi connectivity index (χ3n) is 4.04. The Bertz CT molecular complexity index is 923. The number of carbonyl (C=O) groups is 3. The maximum atomic E-state index is 13.7. The molecule has 0 aliphatic carbocycles. The lowest BCUT2D eigenvalue weighted by atomic mass is 10.1. The zero-order valence-electron chi connectivity index (χ0n) is 13.6. The van der Waals surface area contributed by atoms with Crippen molar-refractivity contribution in [3.8, 4) is 0 Å². The van der Waals surface area contributed by atoms with Gasteiger partial charge in [0, 0.05) is 18.7 Å². The van der Waals surface area contributed by atoms with Crippen molar-refractivity contribution in [1.82, 2.24) is 10.2 Å². The molecule has 0 saturated heterocycles. The van der Waals surface area contributed by atoms with Crippen LogP contribution >= 0.6 is 0 Å². The summed E-state index contributed by atoms with van der Waals surface area (Å²) in [7, 11) is 0. The summed E-state index contributed by atoms with van der Waals surface area (Å²) in [6.45, 7) is -0.328. The van der Waals surface area contributed by atoms with Crippen molar-refractivity contribution in [2.45, 2.75) is 6.18 Å². The first-order valence-electron chi connectivity index (χ1n) is 7.80. The van der Waals surface area contributed by atoms with E-state index in [-0.39, 0.29) is 29.8 Å². The Morgan fingerprint density at radius 1 is 1.00 bits per heavy atom. The molecule has 1 aliphatic rings. The quantitative estimate of drug-likeness (QED) is 0.655. The highest BCUT2D eigenvalue weighted by atomic mass is 19.4. The summed E-state index contributed by atoms with van der Waals surface area (Å²) >= 11 is 0. The maximum Gasteiger partial charge on any atom is 0.416 e. The van der Waals surface area contributed by atoms with Gasteiger partial charge in [0.15, 0.2) is 0 Å². The fourth-order valence-electron chi connectivity index (χ4n) is 2.69. The highest BCUT2D eigenvalue weighted by Gasteiger charge is 2.37. The van der Waals surface area contributed by atoms with Gasteiger partial charge in [0.25, 0.3) is 17.7 Å². The van der Waals surface area contributed by atoms with Gasteiger partial charge in [-0.05, 0) is 36.4 Å². The van der Waals surface area contributed by atoms with Gasteiger partial charge >= 0.3 is 6.18 Å². The molecule has 140 valence electrons. The molecular weight excluding hydrogens is 368 g/mol. The van der Waals surface area contributed by atoms with Crippen molar-refractivity contribution >= 4 is 17.7 Å². The average molecular weight is 380 g/mol. The van der Waals surface area contributed by atoms with Crippen molar-refractivity contribution < 1.29 is 31.9 Å². The molecule has 0 unspecified atom stereocenters. The molecule has 0 saturated carbocycles. The van der Waals surface area contributed by atoms with E-state index in [1.165, 1.54) is 12.1 Å². The first kappa shape index (κ1) is 18.6. The van der Waals surface area contributed by atoms with Gasteiger partial charge in [-0.2, -0.15) is 13.2 Å². The van der Waals surface area contributed by atoms with Crippen LogP contribution in [0.1, 0.15) is 36.6 Å². The first-order chi connectivity index (χ1) is 12.7. The fraction of sp³-hybridized carbons (Fsp3) is 0.167. The van der Waals surface area contributed by atoms with E-state index >= 15 is 0 Å². The number of carbonyl (C=O) groups excluding carboxylic acids is 3. The van der Waals surface area contributed by atoms with Crippen LogP contribution < -0.4 is 5.32 Å². The van der Waals surface area contributed by atoms with Crippen LogP contribution in [0.2, 0.25) is 0 Å². The largest absolute Gasteiger partial charge is 0.416 e. The third-order valence-corrected chi connectivity index (χ3v) is 4.04. The molecule has 0 radical (unpaired) electrons. The minimum atomic E-state index is -4.50. The van der Waals surface area contributed by atoms with Gasteiger partial charge in [-0.25, -0.2) is 4.39 Å². The van der Waals surface area contributed by atoms with Gasteiger partial charge in [-0.15, -0.1) is 0 Å². The van der Waals surface area contributed by atoms with E-state index < -0.39 is 35.3 Å². The second-order valence-electron chi connectivity index (χ2n) is 5.76. The lowest BCUT2D eigenvalue weighted by molar-refractivity contribution is -0.137. The highest BCUT2D eigenvalue weighted by Crippen LogP contribution is 2.29. The second kappa shape index (κ2) is 6.82. The van der Waals surface area contributed by atoms with Crippen molar-refractivity contribution in [2.75, 3.05) is 13.1 Å². The van der Waals surface area contributed by atoms with E-state index in [0.717, 1.165) is 35.2 Å². The van der Waals surface area contributed by atoms with E-state index in [0.29, 0.717) is 0 Å². The maximum absolute atomic E-state index is 13.7. The number of amides is 3. The second-order valence-corrected chi connectivity index (χ2v) is 5.76. The van der Waals surface area contributed by atoms with Crippen LogP contribution in [0.15, 0.2) is 42.5 Å². The van der Waals surface area contributed by atoms with E-state index in [1.54, 1.807) is 0 Å². The lowest BCUT2D eigenvalue weighted by Crippen LogP contribution is -2.38.